The lowest BCUT2D eigenvalue weighted by molar-refractivity contribution is -0.170. The van der Waals surface area contributed by atoms with Gasteiger partial charge in [-0.3, -0.25) is 14.4 Å². The molecule has 4 fully saturated rings. The zero-order chi connectivity index (χ0) is 24.6. The van der Waals surface area contributed by atoms with Gasteiger partial charge in [-0.05, 0) is 109 Å². The Morgan fingerprint density at radius 3 is 2.35 bits per heavy atom. The van der Waals surface area contributed by atoms with Crippen molar-refractivity contribution in [1.29, 1.82) is 0 Å². The highest BCUT2D eigenvalue weighted by atomic mass is 16.5. The number of carboxylic acids is 1. The van der Waals surface area contributed by atoms with E-state index in [0.717, 1.165) is 43.3 Å². The summed E-state index contributed by atoms with van der Waals surface area (Å²) >= 11 is 0. The second-order valence-corrected chi connectivity index (χ2v) is 12.9. The second-order valence-electron chi connectivity index (χ2n) is 12.9. The van der Waals surface area contributed by atoms with E-state index in [4.69, 9.17) is 4.74 Å². The number of carboxylic acid groups (broad SMARTS) is 1. The molecular weight excluding hydrogens is 428 g/mol. The molecule has 188 valence electrons. The van der Waals surface area contributed by atoms with Gasteiger partial charge >= 0.3 is 11.9 Å². The van der Waals surface area contributed by atoms with E-state index in [1.54, 1.807) is 0 Å². The van der Waals surface area contributed by atoms with E-state index in [9.17, 15) is 19.5 Å². The number of Topliss-reactive ketones (excluding diaryl/α,β-unsaturated/α-hetero) is 1. The molecule has 0 bridgehead atoms. The number of ketones is 1. The van der Waals surface area contributed by atoms with Crippen LogP contribution in [-0.4, -0.2) is 28.9 Å². The van der Waals surface area contributed by atoms with Crippen LogP contribution in [0.2, 0.25) is 0 Å². The van der Waals surface area contributed by atoms with Crippen molar-refractivity contribution in [2.24, 2.45) is 52.3 Å². The summed E-state index contributed by atoms with van der Waals surface area (Å²) in [5, 5.41) is 10.3. The molecule has 0 saturated heterocycles. The minimum atomic E-state index is -0.942. The second kappa shape index (κ2) is 8.20. The van der Waals surface area contributed by atoms with Crippen molar-refractivity contribution in [3.63, 3.8) is 0 Å². The van der Waals surface area contributed by atoms with E-state index in [2.05, 4.69) is 27.7 Å². The number of carbonyl (C=O) groups excluding carboxylic acids is 2. The molecule has 0 radical (unpaired) electrons. The molecular formula is C29H42O5. The van der Waals surface area contributed by atoms with Crippen molar-refractivity contribution < 1.29 is 24.2 Å². The Balaban J connectivity index is 1.46. The molecule has 0 aliphatic heterocycles. The zero-order valence-corrected chi connectivity index (χ0v) is 21.6. The normalized spacial score (nSPS) is 45.8. The standard InChI is InChI=1S/C29H42O5/c1-15(2)25-23(31)14-29(27(32)33)13-10-18-19-6-8-21-16(3)24(34-17(4)30)11-12-28(21,5)22(19)9-7-20(18)26(25)29/h15-16,18-22,24H,6-14H2,1-5H3,(H,32,33). The molecule has 34 heavy (non-hydrogen) atoms. The van der Waals surface area contributed by atoms with Crippen LogP contribution in [0.4, 0.5) is 0 Å². The average Bonchev–Trinajstić information content (AvgIpc) is 3.09. The van der Waals surface area contributed by atoms with Gasteiger partial charge in [-0.25, -0.2) is 0 Å². The fourth-order valence-corrected chi connectivity index (χ4v) is 9.95. The van der Waals surface area contributed by atoms with E-state index >= 15 is 0 Å². The summed E-state index contributed by atoms with van der Waals surface area (Å²) in [5.41, 5.74) is 1.20. The van der Waals surface area contributed by atoms with Crippen molar-refractivity contribution >= 4 is 17.7 Å². The molecule has 0 heterocycles. The van der Waals surface area contributed by atoms with Gasteiger partial charge in [0.2, 0.25) is 0 Å². The predicted octanol–water partition coefficient (Wildman–Crippen LogP) is 5.81. The van der Waals surface area contributed by atoms with Gasteiger partial charge in [0.05, 0.1) is 5.41 Å². The summed E-state index contributed by atoms with van der Waals surface area (Å²) < 4.78 is 5.71. The Morgan fingerprint density at radius 2 is 1.71 bits per heavy atom. The predicted molar refractivity (Wildman–Crippen MR) is 129 cm³/mol. The Morgan fingerprint density at radius 1 is 1.00 bits per heavy atom. The molecule has 5 aliphatic rings. The van der Waals surface area contributed by atoms with E-state index in [-0.39, 0.29) is 41.5 Å². The number of allylic oxidation sites excluding steroid dienone is 1. The van der Waals surface area contributed by atoms with Crippen LogP contribution in [-0.2, 0) is 19.1 Å². The maximum Gasteiger partial charge on any atom is 0.314 e. The van der Waals surface area contributed by atoms with Gasteiger partial charge in [0.25, 0.3) is 0 Å². The summed E-state index contributed by atoms with van der Waals surface area (Å²) in [5.74, 6) is 2.20. The van der Waals surface area contributed by atoms with E-state index in [1.165, 1.54) is 19.8 Å². The first-order valence-corrected chi connectivity index (χ1v) is 13.7. The molecule has 4 saturated carbocycles. The topological polar surface area (TPSA) is 80.7 Å². The third kappa shape index (κ3) is 3.27. The van der Waals surface area contributed by atoms with Crippen molar-refractivity contribution in [2.75, 3.05) is 0 Å². The summed E-state index contributed by atoms with van der Waals surface area (Å²) in [6.07, 6.45) is 8.32. The highest BCUT2D eigenvalue weighted by Gasteiger charge is 2.62. The van der Waals surface area contributed by atoms with Crippen LogP contribution >= 0.6 is 0 Å². The fraction of sp³-hybridized carbons (Fsp3) is 0.828. The Kier molecular flexibility index (Phi) is 5.80. The first kappa shape index (κ1) is 24.1. The number of fused-ring (bicyclic) bond motifs is 7. The van der Waals surface area contributed by atoms with Crippen LogP contribution < -0.4 is 0 Å². The number of hydrogen-bond donors (Lipinski definition) is 1. The number of rotatable bonds is 3. The number of aliphatic carboxylic acids is 1. The van der Waals surface area contributed by atoms with E-state index < -0.39 is 11.4 Å². The lowest BCUT2D eigenvalue weighted by Crippen LogP contribution is -2.56. The largest absolute Gasteiger partial charge is 0.481 e. The van der Waals surface area contributed by atoms with Crippen LogP contribution in [0, 0.1) is 52.3 Å². The number of hydrogen-bond acceptors (Lipinski definition) is 4. The molecule has 0 aromatic rings. The van der Waals surface area contributed by atoms with E-state index in [0.29, 0.717) is 36.0 Å². The molecule has 5 aliphatic carbocycles. The van der Waals surface area contributed by atoms with Gasteiger partial charge in [0.1, 0.15) is 6.10 Å². The first-order valence-electron chi connectivity index (χ1n) is 13.7. The molecule has 9 unspecified atom stereocenters. The van der Waals surface area contributed by atoms with Crippen LogP contribution in [0.25, 0.3) is 0 Å². The zero-order valence-electron chi connectivity index (χ0n) is 21.6. The molecule has 1 N–H and O–H groups in total. The van der Waals surface area contributed by atoms with Crippen molar-refractivity contribution in [3.05, 3.63) is 11.1 Å². The Bertz CT molecular complexity index is 933. The summed E-state index contributed by atoms with van der Waals surface area (Å²) in [6.45, 7) is 10.4. The van der Waals surface area contributed by atoms with Crippen LogP contribution in [0.15, 0.2) is 11.1 Å². The van der Waals surface area contributed by atoms with Gasteiger partial charge in [-0.15, -0.1) is 0 Å². The van der Waals surface area contributed by atoms with Crippen LogP contribution in [0.5, 0.6) is 0 Å². The van der Waals surface area contributed by atoms with E-state index in [1.807, 2.05) is 0 Å². The maximum atomic E-state index is 13.1. The third-order valence-electron chi connectivity index (χ3n) is 11.2. The smallest absolute Gasteiger partial charge is 0.314 e. The molecule has 5 heteroatoms. The molecule has 9 atom stereocenters. The highest BCUT2D eigenvalue weighted by molar-refractivity contribution is 6.05. The van der Waals surface area contributed by atoms with Gasteiger partial charge in [-0.2, -0.15) is 0 Å². The first-order chi connectivity index (χ1) is 16.0. The Hall–Kier alpha value is -1.65. The quantitative estimate of drug-likeness (QED) is 0.526. The van der Waals surface area contributed by atoms with Gasteiger partial charge in [0, 0.05) is 13.3 Å². The summed E-state index contributed by atoms with van der Waals surface area (Å²) in [6, 6.07) is 0. The minimum Gasteiger partial charge on any atom is -0.481 e. The average molecular weight is 471 g/mol. The van der Waals surface area contributed by atoms with Crippen molar-refractivity contribution in [3.8, 4) is 0 Å². The third-order valence-corrected chi connectivity index (χ3v) is 11.2. The summed E-state index contributed by atoms with van der Waals surface area (Å²) in [7, 11) is 0. The molecule has 0 amide bonds. The maximum absolute atomic E-state index is 13.1. The molecule has 0 spiro atoms. The minimum absolute atomic E-state index is 0.0394. The molecule has 0 aromatic carbocycles. The lowest BCUT2D eigenvalue weighted by atomic mass is 9.43. The van der Waals surface area contributed by atoms with Gasteiger partial charge in [-0.1, -0.05) is 27.7 Å². The lowest BCUT2D eigenvalue weighted by Gasteiger charge is -2.62. The number of ether oxygens (including phenoxy) is 1. The molecule has 5 rings (SSSR count). The SMILES string of the molecule is CC(=O)OC1CCC2(C)C(CCC3C4CCC5(C(=O)O)CC(=O)C(C(C)C)=C5C4CCC32)C1C. The van der Waals surface area contributed by atoms with Crippen molar-refractivity contribution in [1.82, 2.24) is 0 Å². The monoisotopic (exact) mass is 470 g/mol. The van der Waals surface area contributed by atoms with Gasteiger partial charge in [0.15, 0.2) is 5.78 Å². The molecule has 5 nitrogen and oxygen atoms in total. The van der Waals surface area contributed by atoms with Gasteiger partial charge < -0.3 is 9.84 Å². The highest BCUT2D eigenvalue weighted by Crippen LogP contribution is 2.67. The van der Waals surface area contributed by atoms with Crippen LogP contribution in [0.1, 0.15) is 92.4 Å². The molecule has 0 aromatic heterocycles. The number of esters is 1. The fourth-order valence-electron chi connectivity index (χ4n) is 9.95. The summed E-state index contributed by atoms with van der Waals surface area (Å²) in [4.78, 5) is 37.3. The van der Waals surface area contributed by atoms with Crippen LogP contribution in [0.3, 0.4) is 0 Å². The Labute approximate surface area is 204 Å². The van der Waals surface area contributed by atoms with Crippen molar-refractivity contribution in [2.45, 2.75) is 98.5 Å². The number of carbonyl (C=O) groups is 3.